The Morgan fingerprint density at radius 1 is 1.62 bits per heavy atom. The molecule has 1 saturated heterocycles. The van der Waals surface area contributed by atoms with Crippen molar-refractivity contribution in [1.29, 1.82) is 0 Å². The lowest BCUT2D eigenvalue weighted by Gasteiger charge is -2.30. The number of nitrogens with zero attached hydrogens (tertiary/aromatic N) is 1. The summed E-state index contributed by atoms with van der Waals surface area (Å²) in [6.45, 7) is 4.82. The van der Waals surface area contributed by atoms with E-state index in [9.17, 15) is 9.90 Å². The predicted octanol–water partition coefficient (Wildman–Crippen LogP) is 1.95. The first-order valence-electron chi connectivity index (χ1n) is 7.16. The molecule has 3 atom stereocenters. The molecule has 4 N–H and O–H groups in total. The summed E-state index contributed by atoms with van der Waals surface area (Å²) in [6.07, 6.45) is 0.988. The van der Waals surface area contributed by atoms with Gasteiger partial charge in [0.2, 0.25) is 5.91 Å². The van der Waals surface area contributed by atoms with Crippen molar-refractivity contribution in [3.05, 3.63) is 23.2 Å². The standard InChI is InChI=1S/C15H22ClN3O2/c1-9-5-6-19(14(9)8-20)10(2)15(21)18-13-7-11(16)3-4-12(13)17/h3-4,7,9-10,14,20H,5-6,8,17H2,1-2H3,(H,18,21). The number of carbonyl (C=O) groups excluding carboxylic acids is 1. The molecule has 0 aliphatic carbocycles. The molecule has 2 rings (SSSR count). The predicted molar refractivity (Wildman–Crippen MR) is 85.3 cm³/mol. The monoisotopic (exact) mass is 311 g/mol. The van der Waals surface area contributed by atoms with Gasteiger partial charge in [-0.25, -0.2) is 0 Å². The molecule has 1 heterocycles. The lowest BCUT2D eigenvalue weighted by molar-refractivity contribution is -0.121. The molecule has 6 heteroatoms. The van der Waals surface area contributed by atoms with E-state index < -0.39 is 0 Å². The summed E-state index contributed by atoms with van der Waals surface area (Å²) >= 11 is 5.92. The molecule has 0 radical (unpaired) electrons. The maximum atomic E-state index is 12.4. The Morgan fingerprint density at radius 2 is 2.33 bits per heavy atom. The highest BCUT2D eigenvalue weighted by Gasteiger charge is 2.36. The van der Waals surface area contributed by atoms with Crippen molar-refractivity contribution in [3.8, 4) is 0 Å². The highest BCUT2D eigenvalue weighted by molar-refractivity contribution is 6.31. The van der Waals surface area contributed by atoms with Crippen LogP contribution in [0.5, 0.6) is 0 Å². The minimum atomic E-state index is -0.328. The van der Waals surface area contributed by atoms with Crippen molar-refractivity contribution < 1.29 is 9.90 Å². The maximum Gasteiger partial charge on any atom is 0.241 e. The molecular weight excluding hydrogens is 290 g/mol. The van der Waals surface area contributed by atoms with E-state index >= 15 is 0 Å². The van der Waals surface area contributed by atoms with Crippen LogP contribution >= 0.6 is 11.6 Å². The molecule has 116 valence electrons. The van der Waals surface area contributed by atoms with Gasteiger partial charge in [-0.3, -0.25) is 9.69 Å². The highest BCUT2D eigenvalue weighted by atomic mass is 35.5. The molecule has 1 aliphatic rings. The summed E-state index contributed by atoms with van der Waals surface area (Å²) in [5, 5.41) is 12.8. The minimum absolute atomic E-state index is 0.0301. The number of nitrogens with one attached hydrogen (secondary N) is 1. The summed E-state index contributed by atoms with van der Waals surface area (Å²) < 4.78 is 0. The molecule has 1 aliphatic heterocycles. The normalized spacial score (nSPS) is 24.0. The molecule has 5 nitrogen and oxygen atoms in total. The van der Waals surface area contributed by atoms with Gasteiger partial charge in [0.1, 0.15) is 0 Å². The van der Waals surface area contributed by atoms with Crippen LogP contribution in [0.3, 0.4) is 0 Å². The molecule has 0 bridgehead atoms. The van der Waals surface area contributed by atoms with Crippen LogP contribution in [0.4, 0.5) is 11.4 Å². The average molecular weight is 312 g/mol. The lowest BCUT2D eigenvalue weighted by Crippen LogP contribution is -2.47. The number of aliphatic hydroxyl groups is 1. The van der Waals surface area contributed by atoms with E-state index in [4.69, 9.17) is 17.3 Å². The van der Waals surface area contributed by atoms with Crippen molar-refractivity contribution in [3.63, 3.8) is 0 Å². The number of aliphatic hydroxyl groups excluding tert-OH is 1. The van der Waals surface area contributed by atoms with Gasteiger partial charge in [0.25, 0.3) is 0 Å². The largest absolute Gasteiger partial charge is 0.397 e. The van der Waals surface area contributed by atoms with Gasteiger partial charge in [0.05, 0.1) is 24.0 Å². The van der Waals surface area contributed by atoms with Crippen molar-refractivity contribution in [2.45, 2.75) is 32.4 Å². The topological polar surface area (TPSA) is 78.6 Å². The first-order valence-corrected chi connectivity index (χ1v) is 7.54. The Kier molecular flexibility index (Phi) is 5.08. The van der Waals surface area contributed by atoms with Gasteiger partial charge < -0.3 is 16.2 Å². The zero-order valence-corrected chi connectivity index (χ0v) is 13.1. The number of likely N-dealkylation sites (tertiary alicyclic amines) is 1. The van der Waals surface area contributed by atoms with E-state index in [1.807, 2.05) is 11.8 Å². The Balaban J connectivity index is 2.07. The maximum absolute atomic E-state index is 12.4. The van der Waals surface area contributed by atoms with Gasteiger partial charge in [-0.1, -0.05) is 18.5 Å². The van der Waals surface area contributed by atoms with E-state index in [0.29, 0.717) is 22.3 Å². The number of amides is 1. The quantitative estimate of drug-likeness (QED) is 0.743. The number of carbonyl (C=O) groups is 1. The van der Waals surface area contributed by atoms with Crippen molar-refractivity contribution in [1.82, 2.24) is 4.90 Å². The third-order valence-corrected chi connectivity index (χ3v) is 4.50. The van der Waals surface area contributed by atoms with E-state index in [1.54, 1.807) is 18.2 Å². The van der Waals surface area contributed by atoms with Crippen LogP contribution in [0.1, 0.15) is 20.3 Å². The summed E-state index contributed by atoms with van der Waals surface area (Å²) in [6, 6.07) is 4.68. The number of hydrogen-bond acceptors (Lipinski definition) is 4. The third-order valence-electron chi connectivity index (χ3n) is 4.26. The molecule has 3 unspecified atom stereocenters. The first kappa shape index (κ1) is 16.1. The smallest absolute Gasteiger partial charge is 0.241 e. The fourth-order valence-electron chi connectivity index (χ4n) is 2.83. The van der Waals surface area contributed by atoms with Crippen LogP contribution in [0.2, 0.25) is 5.02 Å². The van der Waals surface area contributed by atoms with Crippen molar-refractivity contribution in [2.75, 3.05) is 24.2 Å². The van der Waals surface area contributed by atoms with E-state index in [1.165, 1.54) is 0 Å². The second-order valence-corrected chi connectivity index (χ2v) is 6.09. The molecule has 1 aromatic rings. The van der Waals surface area contributed by atoms with Crippen LogP contribution in [0.25, 0.3) is 0 Å². The van der Waals surface area contributed by atoms with Gasteiger partial charge in [0, 0.05) is 11.1 Å². The number of nitrogens with two attached hydrogens (primary N) is 1. The molecular formula is C15H22ClN3O2. The fraction of sp³-hybridized carbons (Fsp3) is 0.533. The minimum Gasteiger partial charge on any atom is -0.397 e. The second-order valence-electron chi connectivity index (χ2n) is 5.65. The lowest BCUT2D eigenvalue weighted by atomic mass is 10.0. The van der Waals surface area contributed by atoms with E-state index in [0.717, 1.165) is 13.0 Å². The molecule has 1 fully saturated rings. The van der Waals surface area contributed by atoms with Gasteiger partial charge in [-0.05, 0) is 44.0 Å². The number of nitrogen functional groups attached to an aromatic ring is 1. The van der Waals surface area contributed by atoms with E-state index in [2.05, 4.69) is 12.2 Å². The third kappa shape index (κ3) is 3.48. The van der Waals surface area contributed by atoms with Gasteiger partial charge >= 0.3 is 0 Å². The summed E-state index contributed by atoms with van der Waals surface area (Å²) in [5.41, 5.74) is 6.84. The van der Waals surface area contributed by atoms with Crippen LogP contribution in [0, 0.1) is 5.92 Å². The van der Waals surface area contributed by atoms with Gasteiger partial charge in [-0.2, -0.15) is 0 Å². The van der Waals surface area contributed by atoms with Crippen LogP contribution in [-0.4, -0.2) is 41.1 Å². The summed E-state index contributed by atoms with van der Waals surface area (Å²) in [4.78, 5) is 14.4. The molecule has 21 heavy (non-hydrogen) atoms. The molecule has 0 aromatic heterocycles. The number of benzene rings is 1. The number of rotatable bonds is 4. The fourth-order valence-corrected chi connectivity index (χ4v) is 3.00. The van der Waals surface area contributed by atoms with E-state index in [-0.39, 0.29) is 24.6 Å². The van der Waals surface area contributed by atoms with Crippen molar-refractivity contribution >= 4 is 28.9 Å². The average Bonchev–Trinajstić information content (AvgIpc) is 2.82. The number of halogens is 1. The zero-order valence-electron chi connectivity index (χ0n) is 12.3. The highest BCUT2D eigenvalue weighted by Crippen LogP contribution is 2.27. The summed E-state index contributed by atoms with van der Waals surface area (Å²) in [5.74, 6) is 0.248. The van der Waals surface area contributed by atoms with Gasteiger partial charge in [0.15, 0.2) is 0 Å². The molecule has 1 aromatic carbocycles. The molecule has 0 spiro atoms. The molecule has 1 amide bonds. The van der Waals surface area contributed by atoms with Crippen LogP contribution in [0.15, 0.2) is 18.2 Å². The Bertz CT molecular complexity index is 524. The van der Waals surface area contributed by atoms with Crippen LogP contribution in [-0.2, 0) is 4.79 Å². The zero-order chi connectivity index (χ0) is 15.6. The Morgan fingerprint density at radius 3 is 3.00 bits per heavy atom. The summed E-state index contributed by atoms with van der Waals surface area (Å²) in [7, 11) is 0. The number of hydrogen-bond donors (Lipinski definition) is 3. The first-order chi connectivity index (χ1) is 9.93. The Labute approximate surface area is 130 Å². The second kappa shape index (κ2) is 6.64. The number of anilines is 2. The Hall–Kier alpha value is -1.30. The SMILES string of the molecule is CC1CCN(C(C)C(=O)Nc2cc(Cl)ccc2N)C1CO. The van der Waals surface area contributed by atoms with Crippen molar-refractivity contribution in [2.24, 2.45) is 5.92 Å². The van der Waals surface area contributed by atoms with Gasteiger partial charge in [-0.15, -0.1) is 0 Å². The molecule has 0 saturated carbocycles. The van der Waals surface area contributed by atoms with Crippen LogP contribution < -0.4 is 11.1 Å².